The molecule has 1 amide bonds. The highest BCUT2D eigenvalue weighted by Crippen LogP contribution is 2.37. The number of halogens is 1. The number of alkyl halides is 1. The zero-order chi connectivity index (χ0) is 20.0. The van der Waals surface area contributed by atoms with Crippen molar-refractivity contribution < 1.29 is 4.79 Å². The van der Waals surface area contributed by atoms with Gasteiger partial charge in [0, 0.05) is 23.0 Å². The molecule has 0 radical (unpaired) electrons. The largest absolute Gasteiger partial charge is 0.402 e. The summed E-state index contributed by atoms with van der Waals surface area (Å²) in [5.74, 6) is -0.189. The first kappa shape index (κ1) is 18.7. The van der Waals surface area contributed by atoms with E-state index in [1.807, 2.05) is 18.2 Å². The van der Waals surface area contributed by atoms with E-state index in [0.29, 0.717) is 29.1 Å². The molecule has 2 aliphatic carbocycles. The van der Waals surface area contributed by atoms with Crippen molar-refractivity contribution in [2.45, 2.75) is 50.6 Å². The summed E-state index contributed by atoms with van der Waals surface area (Å²) in [4.78, 5) is 34.3. The number of rotatable bonds is 3. The number of nitrogens with one attached hydrogen (secondary N) is 1. The molecule has 1 aromatic rings. The Morgan fingerprint density at radius 2 is 2.11 bits per heavy atom. The Kier molecular flexibility index (Phi) is 4.75. The van der Waals surface area contributed by atoms with Crippen LogP contribution in [0.1, 0.15) is 31.7 Å². The second kappa shape index (κ2) is 7.09. The maximum absolute atomic E-state index is 13.4. The van der Waals surface area contributed by atoms with Crippen molar-refractivity contribution in [3.05, 3.63) is 63.3 Å². The highest BCUT2D eigenvalue weighted by molar-refractivity contribution is 6.53. The van der Waals surface area contributed by atoms with Crippen molar-refractivity contribution in [1.29, 1.82) is 0 Å². The number of pyridine rings is 1. The molecule has 4 rings (SSSR count). The van der Waals surface area contributed by atoms with Gasteiger partial charge in [-0.15, -0.1) is 11.6 Å². The van der Waals surface area contributed by atoms with Crippen LogP contribution in [-0.4, -0.2) is 34.1 Å². The molecule has 0 spiro atoms. The topological polar surface area (TPSA) is 91.5 Å². The number of hydrogen-bond acceptors (Lipinski definition) is 4. The third-order valence-electron chi connectivity index (χ3n) is 5.24. The SMILES string of the molecule is CC(N)=C1C(=NC2CC2)C(=O)N(c2c[nH]c(=O)c(C)c2)C1C1=CCC(Cl)C=C1. The molecule has 6 nitrogen and oxygen atoms in total. The van der Waals surface area contributed by atoms with Crippen molar-refractivity contribution in [1.82, 2.24) is 4.98 Å². The minimum absolute atomic E-state index is 0.0596. The van der Waals surface area contributed by atoms with Crippen molar-refractivity contribution in [3.8, 4) is 0 Å². The van der Waals surface area contributed by atoms with Gasteiger partial charge in [-0.25, -0.2) is 0 Å². The minimum atomic E-state index is -0.388. The lowest BCUT2D eigenvalue weighted by Crippen LogP contribution is -2.36. The number of aromatic nitrogens is 1. The predicted molar refractivity (Wildman–Crippen MR) is 112 cm³/mol. The Bertz CT molecular complexity index is 1010. The summed E-state index contributed by atoms with van der Waals surface area (Å²) in [6.45, 7) is 3.52. The van der Waals surface area contributed by atoms with E-state index >= 15 is 0 Å². The molecule has 1 saturated carbocycles. The van der Waals surface area contributed by atoms with E-state index in [4.69, 9.17) is 17.3 Å². The zero-order valence-electron chi connectivity index (χ0n) is 15.9. The van der Waals surface area contributed by atoms with Crippen molar-refractivity contribution >= 4 is 28.9 Å². The summed E-state index contributed by atoms with van der Waals surface area (Å²) in [6, 6.07) is 1.53. The number of hydrogen-bond donors (Lipinski definition) is 2. The first-order valence-corrected chi connectivity index (χ1v) is 9.90. The van der Waals surface area contributed by atoms with Gasteiger partial charge in [0.25, 0.3) is 11.5 Å². The summed E-state index contributed by atoms with van der Waals surface area (Å²) >= 11 is 6.20. The Labute approximate surface area is 168 Å². The van der Waals surface area contributed by atoms with Crippen molar-refractivity contribution in [2.75, 3.05) is 4.90 Å². The Morgan fingerprint density at radius 1 is 1.36 bits per heavy atom. The quantitative estimate of drug-likeness (QED) is 0.767. The Balaban J connectivity index is 1.89. The first-order valence-electron chi connectivity index (χ1n) is 9.46. The fraction of sp³-hybridized carbons (Fsp3) is 0.381. The normalized spacial score (nSPS) is 28.1. The molecule has 2 unspecified atom stereocenters. The molecular weight excluding hydrogens is 376 g/mol. The number of nitrogens with two attached hydrogens (primary N) is 1. The number of carbonyl (C=O) groups excluding carboxylic acids is 1. The van der Waals surface area contributed by atoms with Gasteiger partial charge in [-0.3, -0.25) is 19.5 Å². The smallest absolute Gasteiger partial charge is 0.277 e. The lowest BCUT2D eigenvalue weighted by molar-refractivity contribution is -0.112. The molecule has 1 aromatic heterocycles. The first-order chi connectivity index (χ1) is 13.4. The number of nitrogens with zero attached hydrogens (tertiary/aromatic N) is 2. The van der Waals surface area contributed by atoms with Crippen LogP contribution in [0.5, 0.6) is 0 Å². The fourth-order valence-corrected chi connectivity index (χ4v) is 3.80. The molecule has 0 aromatic carbocycles. The minimum Gasteiger partial charge on any atom is -0.402 e. The van der Waals surface area contributed by atoms with E-state index in [9.17, 15) is 9.59 Å². The number of aliphatic imine (C=N–C) groups is 1. The maximum atomic E-state index is 13.4. The third-order valence-corrected chi connectivity index (χ3v) is 5.56. The highest BCUT2D eigenvalue weighted by Gasteiger charge is 2.45. The van der Waals surface area contributed by atoms with Gasteiger partial charge in [0.1, 0.15) is 5.71 Å². The number of aryl methyl sites for hydroxylation is 1. The van der Waals surface area contributed by atoms with Gasteiger partial charge in [-0.05, 0) is 44.7 Å². The highest BCUT2D eigenvalue weighted by atomic mass is 35.5. The van der Waals surface area contributed by atoms with Crippen LogP contribution in [0.2, 0.25) is 0 Å². The van der Waals surface area contributed by atoms with E-state index in [0.717, 1.165) is 24.0 Å². The number of H-pyrrole nitrogens is 1. The summed E-state index contributed by atoms with van der Waals surface area (Å²) < 4.78 is 0. The molecule has 28 heavy (non-hydrogen) atoms. The zero-order valence-corrected chi connectivity index (χ0v) is 16.7. The summed E-state index contributed by atoms with van der Waals surface area (Å²) in [5, 5.41) is -0.0596. The lowest BCUT2D eigenvalue weighted by atomic mass is 9.92. The monoisotopic (exact) mass is 398 g/mol. The van der Waals surface area contributed by atoms with Gasteiger partial charge in [-0.1, -0.05) is 18.2 Å². The average molecular weight is 399 g/mol. The third kappa shape index (κ3) is 3.33. The molecular formula is C21H23ClN4O2. The summed E-state index contributed by atoms with van der Waals surface area (Å²) in [6.07, 6.45) is 10.2. The average Bonchev–Trinajstić information content (AvgIpc) is 3.42. The molecule has 2 heterocycles. The van der Waals surface area contributed by atoms with Crippen LogP contribution in [0.15, 0.2) is 57.1 Å². The lowest BCUT2D eigenvalue weighted by Gasteiger charge is -2.28. The van der Waals surface area contributed by atoms with Crippen LogP contribution < -0.4 is 16.2 Å². The number of amides is 1. The van der Waals surface area contributed by atoms with E-state index < -0.39 is 0 Å². The van der Waals surface area contributed by atoms with E-state index in [1.54, 1.807) is 31.0 Å². The number of aromatic amines is 1. The van der Waals surface area contributed by atoms with Gasteiger partial charge in [0.15, 0.2) is 0 Å². The van der Waals surface area contributed by atoms with Crippen LogP contribution in [0.4, 0.5) is 5.69 Å². The number of carbonyl (C=O) groups is 1. The number of anilines is 1. The molecule has 1 aliphatic heterocycles. The Hall–Kier alpha value is -2.60. The van der Waals surface area contributed by atoms with Crippen molar-refractivity contribution in [2.24, 2.45) is 10.7 Å². The second-order valence-electron chi connectivity index (χ2n) is 7.57. The van der Waals surface area contributed by atoms with Crippen LogP contribution in [0, 0.1) is 6.92 Å². The van der Waals surface area contributed by atoms with Gasteiger partial charge < -0.3 is 10.7 Å². The molecule has 0 bridgehead atoms. The summed E-state index contributed by atoms with van der Waals surface area (Å²) in [5.41, 5.74) is 9.93. The number of allylic oxidation sites excluding steroid dienone is 3. The van der Waals surface area contributed by atoms with Crippen LogP contribution in [0.25, 0.3) is 0 Å². The van der Waals surface area contributed by atoms with Crippen LogP contribution in [-0.2, 0) is 4.79 Å². The molecule has 146 valence electrons. The van der Waals surface area contributed by atoms with Gasteiger partial charge in [0.05, 0.1) is 23.1 Å². The van der Waals surface area contributed by atoms with E-state index in [1.165, 1.54) is 0 Å². The second-order valence-corrected chi connectivity index (χ2v) is 8.13. The van der Waals surface area contributed by atoms with Crippen LogP contribution >= 0.6 is 11.6 Å². The Morgan fingerprint density at radius 3 is 2.68 bits per heavy atom. The van der Waals surface area contributed by atoms with Gasteiger partial charge in [-0.2, -0.15) is 0 Å². The van der Waals surface area contributed by atoms with Gasteiger partial charge in [0.2, 0.25) is 0 Å². The summed E-state index contributed by atoms with van der Waals surface area (Å²) in [7, 11) is 0. The predicted octanol–water partition coefficient (Wildman–Crippen LogP) is 2.73. The van der Waals surface area contributed by atoms with Crippen molar-refractivity contribution in [3.63, 3.8) is 0 Å². The maximum Gasteiger partial charge on any atom is 0.277 e. The standard InChI is InChI=1S/C21H23ClN4O2/c1-11-9-16(10-24-20(11)27)26-19(13-3-5-14(22)6-4-13)17(12(2)23)18(21(26)28)25-15-7-8-15/h3-5,9-10,14-15,19H,6-8,23H2,1-2H3,(H,24,27). The molecule has 2 fully saturated rings. The molecule has 3 N–H and O–H groups in total. The molecule has 2 atom stereocenters. The molecule has 3 aliphatic rings. The van der Waals surface area contributed by atoms with Gasteiger partial charge >= 0.3 is 0 Å². The molecule has 1 saturated heterocycles. The molecule has 7 heteroatoms. The van der Waals surface area contributed by atoms with E-state index in [2.05, 4.69) is 9.98 Å². The van der Waals surface area contributed by atoms with Crippen LogP contribution in [0.3, 0.4) is 0 Å². The fourth-order valence-electron chi connectivity index (χ4n) is 3.64. The van der Waals surface area contributed by atoms with E-state index in [-0.39, 0.29) is 28.9 Å².